The first-order valence-corrected chi connectivity index (χ1v) is 7.92. The summed E-state index contributed by atoms with van der Waals surface area (Å²) < 4.78 is 22.5. The van der Waals surface area contributed by atoms with Crippen LogP contribution in [-0.4, -0.2) is 31.8 Å². The van der Waals surface area contributed by atoms with Crippen molar-refractivity contribution in [3.05, 3.63) is 29.8 Å². The Morgan fingerprint density at radius 3 is 2.37 bits per heavy atom. The van der Waals surface area contributed by atoms with Crippen molar-refractivity contribution in [2.45, 2.75) is 37.3 Å². The van der Waals surface area contributed by atoms with Crippen LogP contribution >= 0.6 is 0 Å². The van der Waals surface area contributed by atoms with E-state index in [0.29, 0.717) is 13.0 Å². The largest absolute Gasteiger partial charge is 0.393 e. The Morgan fingerprint density at radius 1 is 1.32 bits per heavy atom. The average Bonchev–Trinajstić information content (AvgIpc) is 2.33. The van der Waals surface area contributed by atoms with Crippen LogP contribution in [0.25, 0.3) is 0 Å². The molecule has 0 saturated heterocycles. The van der Waals surface area contributed by atoms with E-state index in [1.165, 1.54) is 12.1 Å². The van der Waals surface area contributed by atoms with E-state index < -0.39 is 15.9 Å². The minimum atomic E-state index is -3.18. The number of carbonyl (C=O) groups excluding carboxylic acids is 1. The molecule has 0 aliphatic rings. The van der Waals surface area contributed by atoms with E-state index in [1.807, 2.05) is 0 Å². The maximum absolute atomic E-state index is 11.4. The van der Waals surface area contributed by atoms with Crippen molar-refractivity contribution in [3.63, 3.8) is 0 Å². The third kappa shape index (κ3) is 5.85. The molecule has 0 fully saturated rings. The van der Waals surface area contributed by atoms with Crippen LogP contribution in [0.5, 0.6) is 0 Å². The smallest absolute Gasteiger partial charge is 0.220 e. The summed E-state index contributed by atoms with van der Waals surface area (Å²) >= 11 is 0. The first-order chi connectivity index (χ1) is 8.79. The molecule has 0 radical (unpaired) electrons. The Bertz CT molecular complexity index is 520. The number of rotatable bonds is 6. The fourth-order valence-electron chi connectivity index (χ4n) is 1.48. The maximum atomic E-state index is 11.4. The third-order valence-corrected chi connectivity index (χ3v) is 3.76. The van der Waals surface area contributed by atoms with E-state index in [9.17, 15) is 13.2 Å². The lowest BCUT2D eigenvalue weighted by molar-refractivity contribution is -0.121. The van der Waals surface area contributed by atoms with Crippen molar-refractivity contribution >= 4 is 15.7 Å². The fourth-order valence-corrected chi connectivity index (χ4v) is 2.11. The molecule has 1 aromatic carbocycles. The highest BCUT2D eigenvalue weighted by Gasteiger charge is 2.07. The summed E-state index contributed by atoms with van der Waals surface area (Å²) in [5.41, 5.74) is 0.831. The number of aliphatic hydroxyl groups excluding tert-OH is 1. The van der Waals surface area contributed by atoms with Crippen LogP contribution in [0.2, 0.25) is 0 Å². The Hall–Kier alpha value is -1.40. The van der Waals surface area contributed by atoms with E-state index in [4.69, 9.17) is 5.11 Å². The van der Waals surface area contributed by atoms with Crippen molar-refractivity contribution < 1.29 is 18.3 Å². The van der Waals surface area contributed by atoms with Crippen molar-refractivity contribution in [3.8, 4) is 0 Å². The number of nitrogens with one attached hydrogen (secondary N) is 1. The zero-order valence-electron chi connectivity index (χ0n) is 11.1. The molecule has 0 aliphatic carbocycles. The Kier molecular flexibility index (Phi) is 5.50. The lowest BCUT2D eigenvalue weighted by atomic mass is 10.2. The Labute approximate surface area is 113 Å². The monoisotopic (exact) mass is 285 g/mol. The molecular weight excluding hydrogens is 266 g/mol. The molecule has 5 nitrogen and oxygen atoms in total. The van der Waals surface area contributed by atoms with Gasteiger partial charge < -0.3 is 10.4 Å². The van der Waals surface area contributed by atoms with E-state index in [2.05, 4.69) is 5.32 Å². The van der Waals surface area contributed by atoms with E-state index >= 15 is 0 Å². The number of amides is 1. The van der Waals surface area contributed by atoms with Gasteiger partial charge in [-0.05, 0) is 31.0 Å². The number of benzene rings is 1. The van der Waals surface area contributed by atoms with Gasteiger partial charge >= 0.3 is 0 Å². The second kappa shape index (κ2) is 6.68. The number of hydrogen-bond acceptors (Lipinski definition) is 4. The number of sulfone groups is 1. The lowest BCUT2D eigenvalue weighted by Crippen LogP contribution is -2.23. The highest BCUT2D eigenvalue weighted by atomic mass is 32.2. The molecule has 1 atom stereocenters. The summed E-state index contributed by atoms with van der Waals surface area (Å²) in [5, 5.41) is 11.8. The van der Waals surface area contributed by atoms with Gasteiger partial charge in [-0.2, -0.15) is 0 Å². The van der Waals surface area contributed by atoms with Crippen LogP contribution in [0, 0.1) is 0 Å². The zero-order chi connectivity index (χ0) is 14.5. The van der Waals surface area contributed by atoms with Gasteiger partial charge in [0.25, 0.3) is 0 Å². The fraction of sp³-hybridized carbons (Fsp3) is 0.462. The molecule has 0 aromatic heterocycles. The molecule has 2 N–H and O–H groups in total. The first-order valence-electron chi connectivity index (χ1n) is 6.03. The molecular formula is C13H19NO4S. The van der Waals surface area contributed by atoms with Gasteiger partial charge in [-0.25, -0.2) is 8.42 Å². The van der Waals surface area contributed by atoms with Gasteiger partial charge in [0.1, 0.15) is 0 Å². The number of aliphatic hydroxyl groups is 1. The highest BCUT2D eigenvalue weighted by molar-refractivity contribution is 7.90. The van der Waals surface area contributed by atoms with Crippen molar-refractivity contribution in [2.75, 3.05) is 6.26 Å². The minimum absolute atomic E-state index is 0.131. The van der Waals surface area contributed by atoms with Gasteiger partial charge in [0.15, 0.2) is 9.84 Å². The Balaban J connectivity index is 2.48. The van der Waals surface area contributed by atoms with E-state index in [0.717, 1.165) is 11.8 Å². The summed E-state index contributed by atoms with van der Waals surface area (Å²) in [6.45, 7) is 1.99. The lowest BCUT2D eigenvalue weighted by Gasteiger charge is -2.07. The Morgan fingerprint density at radius 2 is 1.89 bits per heavy atom. The summed E-state index contributed by atoms with van der Waals surface area (Å²) in [5.74, 6) is -0.131. The SMILES string of the molecule is CC(O)CCC(=O)NCc1ccc(S(C)(=O)=O)cc1. The first kappa shape index (κ1) is 15.7. The molecule has 1 unspecified atom stereocenters. The summed E-state index contributed by atoms with van der Waals surface area (Å²) in [7, 11) is -3.18. The molecule has 1 aromatic rings. The van der Waals surface area contributed by atoms with Gasteiger partial charge in [0.2, 0.25) is 5.91 Å². The minimum Gasteiger partial charge on any atom is -0.393 e. The van der Waals surface area contributed by atoms with Crippen LogP contribution in [0.1, 0.15) is 25.3 Å². The summed E-state index contributed by atoms with van der Waals surface area (Å²) in [6.07, 6.45) is 1.37. The van der Waals surface area contributed by atoms with Crippen molar-refractivity contribution in [1.29, 1.82) is 0 Å². The second-order valence-electron chi connectivity index (χ2n) is 4.58. The van der Waals surface area contributed by atoms with Crippen LogP contribution in [0.3, 0.4) is 0 Å². The highest BCUT2D eigenvalue weighted by Crippen LogP contribution is 2.10. The quantitative estimate of drug-likeness (QED) is 0.812. The third-order valence-electron chi connectivity index (χ3n) is 2.63. The van der Waals surface area contributed by atoms with Crippen molar-refractivity contribution in [1.82, 2.24) is 5.32 Å². The average molecular weight is 285 g/mol. The topological polar surface area (TPSA) is 83.5 Å². The van der Waals surface area contributed by atoms with Crippen LogP contribution in [-0.2, 0) is 21.2 Å². The van der Waals surface area contributed by atoms with E-state index in [1.54, 1.807) is 19.1 Å². The number of carbonyl (C=O) groups is 1. The molecule has 0 aliphatic heterocycles. The predicted octanol–water partition coefficient (Wildman–Crippen LogP) is 0.867. The summed E-state index contributed by atoms with van der Waals surface area (Å²) in [6, 6.07) is 6.38. The van der Waals surface area contributed by atoms with Gasteiger partial charge in [-0.3, -0.25) is 4.79 Å². The standard InChI is InChI=1S/C13H19NO4S/c1-10(15)3-8-13(16)14-9-11-4-6-12(7-5-11)19(2,17)18/h4-7,10,15H,3,8-9H2,1-2H3,(H,14,16). The molecule has 0 bridgehead atoms. The molecule has 1 rings (SSSR count). The molecule has 19 heavy (non-hydrogen) atoms. The van der Waals surface area contributed by atoms with Crippen LogP contribution in [0.4, 0.5) is 0 Å². The maximum Gasteiger partial charge on any atom is 0.220 e. The van der Waals surface area contributed by atoms with Gasteiger partial charge in [0.05, 0.1) is 11.0 Å². The normalized spacial score (nSPS) is 13.0. The summed E-state index contributed by atoms with van der Waals surface area (Å²) in [4.78, 5) is 11.7. The van der Waals surface area contributed by atoms with Crippen molar-refractivity contribution in [2.24, 2.45) is 0 Å². The molecule has 0 saturated carbocycles. The molecule has 106 valence electrons. The van der Waals surface area contributed by atoms with Crippen LogP contribution in [0.15, 0.2) is 29.2 Å². The van der Waals surface area contributed by atoms with Crippen LogP contribution < -0.4 is 5.32 Å². The van der Waals surface area contributed by atoms with Gasteiger partial charge in [-0.1, -0.05) is 12.1 Å². The van der Waals surface area contributed by atoms with Gasteiger partial charge in [-0.15, -0.1) is 0 Å². The molecule has 1 amide bonds. The van der Waals surface area contributed by atoms with E-state index in [-0.39, 0.29) is 17.2 Å². The number of hydrogen-bond donors (Lipinski definition) is 2. The zero-order valence-corrected chi connectivity index (χ0v) is 11.9. The van der Waals surface area contributed by atoms with Gasteiger partial charge in [0, 0.05) is 19.2 Å². The second-order valence-corrected chi connectivity index (χ2v) is 6.60. The molecule has 0 heterocycles. The molecule has 6 heteroatoms. The predicted molar refractivity (Wildman–Crippen MR) is 72.3 cm³/mol. The molecule has 0 spiro atoms.